The molecule has 1 aromatic heterocycles. The average molecular weight is 385 g/mol. The number of H-pyrrole nitrogens is 1. The number of aryl methyl sites for hydroxylation is 1. The fourth-order valence-corrected chi connectivity index (χ4v) is 3.99. The molecule has 27 heavy (non-hydrogen) atoms. The smallest absolute Gasteiger partial charge is 0.256 e. The van der Waals surface area contributed by atoms with Crippen LogP contribution >= 0.6 is 0 Å². The lowest BCUT2D eigenvalue weighted by Crippen LogP contribution is -2.38. The number of sulfonamides is 1. The zero-order valence-electron chi connectivity index (χ0n) is 14.6. The van der Waals surface area contributed by atoms with Crippen LogP contribution in [0.25, 0.3) is 11.0 Å². The Morgan fingerprint density at radius 3 is 2.96 bits per heavy atom. The predicted octanol–water partition coefficient (Wildman–Crippen LogP) is 1.11. The number of rotatable bonds is 5. The SMILES string of the molecule is O=C(NCCCc1nc2ccccc2[nH]1)C1=CN2CCS(=O)(=O)N=C2C=C1. The summed E-state index contributed by atoms with van der Waals surface area (Å²) in [5.41, 5.74) is 2.43. The third-order valence-corrected chi connectivity index (χ3v) is 5.56. The number of nitrogens with one attached hydrogen (secondary N) is 2. The number of amidine groups is 1. The summed E-state index contributed by atoms with van der Waals surface area (Å²) in [6.45, 7) is 0.824. The number of aromatic nitrogens is 2. The topological polar surface area (TPSA) is 108 Å². The number of fused-ring (bicyclic) bond motifs is 2. The summed E-state index contributed by atoms with van der Waals surface area (Å²) < 4.78 is 26.7. The number of imidazole rings is 1. The van der Waals surface area contributed by atoms with Crippen molar-refractivity contribution in [3.05, 3.63) is 54.0 Å². The fraction of sp³-hybridized carbons (Fsp3) is 0.278. The van der Waals surface area contributed by atoms with Crippen molar-refractivity contribution in [2.45, 2.75) is 12.8 Å². The first-order chi connectivity index (χ1) is 13.0. The van der Waals surface area contributed by atoms with Crippen LogP contribution in [-0.2, 0) is 21.2 Å². The number of hydrogen-bond acceptors (Lipinski definition) is 5. The highest BCUT2D eigenvalue weighted by atomic mass is 32.2. The van der Waals surface area contributed by atoms with E-state index in [1.165, 1.54) is 0 Å². The number of nitrogens with zero attached hydrogens (tertiary/aromatic N) is 3. The van der Waals surface area contributed by atoms with Gasteiger partial charge in [-0.05, 0) is 30.7 Å². The van der Waals surface area contributed by atoms with Crippen LogP contribution in [0.3, 0.4) is 0 Å². The standard InChI is InChI=1S/C18H19N5O3S/c24-18(13-7-8-17-22-27(25,26)11-10-23(17)12-13)19-9-3-6-16-20-14-4-1-2-5-15(14)21-16/h1-2,4-5,7-8,12H,3,6,9-11H2,(H,19,24)(H,20,21). The van der Waals surface area contributed by atoms with Crippen LogP contribution in [0, 0.1) is 0 Å². The van der Waals surface area contributed by atoms with Gasteiger partial charge in [0, 0.05) is 25.7 Å². The second-order valence-electron chi connectivity index (χ2n) is 6.41. The summed E-state index contributed by atoms with van der Waals surface area (Å²) in [6, 6.07) is 7.86. The second kappa shape index (κ2) is 6.99. The third kappa shape index (κ3) is 3.92. The zero-order chi connectivity index (χ0) is 18.9. The number of benzene rings is 1. The number of carbonyl (C=O) groups is 1. The van der Waals surface area contributed by atoms with Crippen molar-refractivity contribution in [2.75, 3.05) is 18.8 Å². The molecule has 0 saturated heterocycles. The molecule has 8 nitrogen and oxygen atoms in total. The molecule has 140 valence electrons. The molecule has 0 aliphatic carbocycles. The number of carbonyl (C=O) groups excluding carboxylic acids is 1. The van der Waals surface area contributed by atoms with Crippen LogP contribution < -0.4 is 5.32 Å². The van der Waals surface area contributed by atoms with E-state index in [-0.39, 0.29) is 11.7 Å². The third-order valence-electron chi connectivity index (χ3n) is 4.40. The van der Waals surface area contributed by atoms with E-state index in [1.54, 1.807) is 23.3 Å². The van der Waals surface area contributed by atoms with Gasteiger partial charge in [-0.15, -0.1) is 4.40 Å². The summed E-state index contributed by atoms with van der Waals surface area (Å²) in [6.07, 6.45) is 6.29. The highest BCUT2D eigenvalue weighted by Gasteiger charge is 2.24. The number of para-hydroxylation sites is 2. The van der Waals surface area contributed by atoms with Crippen molar-refractivity contribution in [3.8, 4) is 0 Å². The molecule has 9 heteroatoms. The molecule has 2 N–H and O–H groups in total. The largest absolute Gasteiger partial charge is 0.352 e. The van der Waals surface area contributed by atoms with Crippen molar-refractivity contribution in [1.29, 1.82) is 0 Å². The highest BCUT2D eigenvalue weighted by Crippen LogP contribution is 2.16. The Bertz CT molecular complexity index is 1050. The van der Waals surface area contributed by atoms with E-state index in [2.05, 4.69) is 19.7 Å². The highest BCUT2D eigenvalue weighted by molar-refractivity contribution is 7.90. The number of amides is 1. The van der Waals surface area contributed by atoms with Crippen molar-refractivity contribution in [3.63, 3.8) is 0 Å². The zero-order valence-corrected chi connectivity index (χ0v) is 15.4. The minimum absolute atomic E-state index is 0.0484. The van der Waals surface area contributed by atoms with Crippen LogP contribution in [0.15, 0.2) is 52.6 Å². The van der Waals surface area contributed by atoms with Crippen molar-refractivity contribution in [1.82, 2.24) is 20.2 Å². The molecule has 2 aliphatic rings. The van der Waals surface area contributed by atoms with Crippen molar-refractivity contribution < 1.29 is 13.2 Å². The molecule has 0 radical (unpaired) electrons. The van der Waals surface area contributed by atoms with Crippen LogP contribution in [0.5, 0.6) is 0 Å². The van der Waals surface area contributed by atoms with Gasteiger partial charge in [0.25, 0.3) is 15.9 Å². The Morgan fingerprint density at radius 2 is 2.11 bits per heavy atom. The normalized spacial score (nSPS) is 18.0. The van der Waals surface area contributed by atoms with Gasteiger partial charge in [-0.1, -0.05) is 12.1 Å². The van der Waals surface area contributed by atoms with Crippen LogP contribution in [0.1, 0.15) is 12.2 Å². The molecule has 1 aromatic carbocycles. The molecule has 1 amide bonds. The Balaban J connectivity index is 1.30. The quantitative estimate of drug-likeness (QED) is 0.750. The molecule has 0 atom stereocenters. The van der Waals surface area contributed by atoms with Gasteiger partial charge in [0.05, 0.1) is 22.4 Å². The maximum atomic E-state index is 12.3. The summed E-state index contributed by atoms with van der Waals surface area (Å²) in [4.78, 5) is 21.8. The van der Waals surface area contributed by atoms with E-state index in [1.807, 2.05) is 24.3 Å². The minimum atomic E-state index is -3.39. The molecule has 4 rings (SSSR count). The van der Waals surface area contributed by atoms with Crippen LogP contribution in [0.4, 0.5) is 0 Å². The van der Waals surface area contributed by atoms with Gasteiger partial charge in [0.1, 0.15) is 11.7 Å². The molecule has 0 bridgehead atoms. The molecule has 0 spiro atoms. The summed E-state index contributed by atoms with van der Waals surface area (Å²) >= 11 is 0. The molecule has 3 heterocycles. The number of hydrogen-bond donors (Lipinski definition) is 2. The number of aromatic amines is 1. The van der Waals surface area contributed by atoms with E-state index in [0.717, 1.165) is 29.7 Å². The maximum Gasteiger partial charge on any atom is 0.256 e. The van der Waals surface area contributed by atoms with E-state index < -0.39 is 10.0 Å². The molecule has 2 aromatic rings. The lowest BCUT2D eigenvalue weighted by Gasteiger charge is -2.26. The summed E-state index contributed by atoms with van der Waals surface area (Å²) in [5, 5.41) is 2.88. The van der Waals surface area contributed by atoms with Crippen molar-refractivity contribution in [2.24, 2.45) is 4.40 Å². The van der Waals surface area contributed by atoms with E-state index in [0.29, 0.717) is 24.5 Å². The Kier molecular flexibility index (Phi) is 4.53. The van der Waals surface area contributed by atoms with E-state index >= 15 is 0 Å². The lowest BCUT2D eigenvalue weighted by atomic mass is 10.1. The van der Waals surface area contributed by atoms with Gasteiger partial charge in [0.15, 0.2) is 0 Å². The fourth-order valence-electron chi connectivity index (χ4n) is 3.02. The van der Waals surface area contributed by atoms with Gasteiger partial charge < -0.3 is 15.2 Å². The Labute approximate surface area is 156 Å². The molecule has 0 saturated carbocycles. The van der Waals surface area contributed by atoms with Crippen LogP contribution in [0.2, 0.25) is 0 Å². The lowest BCUT2D eigenvalue weighted by molar-refractivity contribution is -0.117. The van der Waals surface area contributed by atoms with E-state index in [4.69, 9.17) is 0 Å². The van der Waals surface area contributed by atoms with Gasteiger partial charge in [0.2, 0.25) is 0 Å². The Morgan fingerprint density at radius 1 is 1.26 bits per heavy atom. The van der Waals surface area contributed by atoms with Gasteiger partial charge >= 0.3 is 0 Å². The molecular formula is C18H19N5O3S. The molecule has 0 fully saturated rings. The molecule has 2 aliphatic heterocycles. The van der Waals surface area contributed by atoms with Gasteiger partial charge in [-0.3, -0.25) is 4.79 Å². The predicted molar refractivity (Wildman–Crippen MR) is 103 cm³/mol. The van der Waals surface area contributed by atoms with Crippen molar-refractivity contribution >= 4 is 32.8 Å². The molecule has 0 unspecified atom stereocenters. The monoisotopic (exact) mass is 385 g/mol. The van der Waals surface area contributed by atoms with Gasteiger partial charge in [-0.2, -0.15) is 0 Å². The van der Waals surface area contributed by atoms with E-state index in [9.17, 15) is 13.2 Å². The summed E-state index contributed by atoms with van der Waals surface area (Å²) in [5.74, 6) is 1.01. The average Bonchev–Trinajstić information content (AvgIpc) is 3.07. The minimum Gasteiger partial charge on any atom is -0.352 e. The molecular weight excluding hydrogens is 366 g/mol. The van der Waals surface area contributed by atoms with Crippen LogP contribution in [-0.4, -0.2) is 53.9 Å². The Hall–Kier alpha value is -2.94. The first-order valence-corrected chi connectivity index (χ1v) is 10.3. The maximum absolute atomic E-state index is 12.3. The summed E-state index contributed by atoms with van der Waals surface area (Å²) in [7, 11) is -3.39. The first kappa shape index (κ1) is 17.5. The first-order valence-electron chi connectivity index (χ1n) is 8.71. The van der Waals surface area contributed by atoms with Gasteiger partial charge in [-0.25, -0.2) is 13.4 Å². The second-order valence-corrected chi connectivity index (χ2v) is 8.16.